The number of hydrogen-bond donors (Lipinski definition) is 1. The average molecular weight is 571 g/mol. The maximum Gasteiger partial charge on any atom is 0.243 e. The van der Waals surface area contributed by atoms with Crippen molar-refractivity contribution in [3.8, 4) is 0 Å². The van der Waals surface area contributed by atoms with E-state index in [0.717, 1.165) is 21.7 Å². The number of halogens is 2. The quantitative estimate of drug-likeness (QED) is 0.383. The van der Waals surface area contributed by atoms with Gasteiger partial charge in [-0.1, -0.05) is 60.0 Å². The largest absolute Gasteiger partial charge is 0.350 e. The number of aryl methyl sites for hydroxylation is 1. The average Bonchev–Trinajstić information content (AvgIpc) is 2.76. The summed E-state index contributed by atoms with van der Waals surface area (Å²) in [4.78, 5) is 28.3. The predicted molar refractivity (Wildman–Crippen MR) is 152 cm³/mol. The monoisotopic (exact) mass is 569 g/mol. The molecule has 10 heteroatoms. The number of amides is 2. The highest BCUT2D eigenvalue weighted by Crippen LogP contribution is 2.31. The molecule has 37 heavy (non-hydrogen) atoms. The van der Waals surface area contributed by atoms with Crippen LogP contribution in [0.25, 0.3) is 0 Å². The van der Waals surface area contributed by atoms with Crippen LogP contribution in [0.5, 0.6) is 0 Å². The molecule has 0 bridgehead atoms. The molecular weight excluding hydrogens is 533 g/mol. The highest BCUT2D eigenvalue weighted by Gasteiger charge is 2.31. The second kappa shape index (κ2) is 13.0. The Morgan fingerprint density at radius 2 is 1.76 bits per heavy atom. The summed E-state index contributed by atoms with van der Waals surface area (Å²) < 4.78 is 26.2. The van der Waals surface area contributed by atoms with Gasteiger partial charge in [0.15, 0.2) is 0 Å². The van der Waals surface area contributed by atoms with E-state index in [4.69, 9.17) is 23.2 Å². The smallest absolute Gasteiger partial charge is 0.243 e. The van der Waals surface area contributed by atoms with Gasteiger partial charge in [-0.15, -0.1) is 0 Å². The van der Waals surface area contributed by atoms with Gasteiger partial charge < -0.3 is 10.2 Å². The third kappa shape index (κ3) is 9.51. The number of sulfonamides is 1. The lowest BCUT2D eigenvalue weighted by atomic mass is 10.0. The Balaban J connectivity index is 2.28. The van der Waals surface area contributed by atoms with Crippen LogP contribution in [0.4, 0.5) is 5.69 Å². The summed E-state index contributed by atoms with van der Waals surface area (Å²) in [5.41, 5.74) is 1.78. The van der Waals surface area contributed by atoms with E-state index in [0.29, 0.717) is 11.4 Å². The molecule has 0 aromatic heterocycles. The Bertz CT molecular complexity index is 1210. The maximum absolute atomic E-state index is 13.5. The van der Waals surface area contributed by atoms with E-state index >= 15 is 0 Å². The number of hydrogen-bond acceptors (Lipinski definition) is 4. The molecule has 2 amide bonds. The summed E-state index contributed by atoms with van der Waals surface area (Å²) in [7, 11) is -3.68. The van der Waals surface area contributed by atoms with Crippen molar-refractivity contribution in [1.29, 1.82) is 0 Å². The first-order valence-corrected chi connectivity index (χ1v) is 14.8. The van der Waals surface area contributed by atoms with Crippen LogP contribution in [0.2, 0.25) is 10.0 Å². The van der Waals surface area contributed by atoms with E-state index in [1.807, 2.05) is 58.9 Å². The molecule has 0 heterocycles. The van der Waals surface area contributed by atoms with E-state index in [1.54, 1.807) is 11.0 Å². The van der Waals surface area contributed by atoms with Gasteiger partial charge in [-0.3, -0.25) is 13.9 Å². The fourth-order valence-corrected chi connectivity index (χ4v) is 5.44. The van der Waals surface area contributed by atoms with Gasteiger partial charge in [0.2, 0.25) is 21.8 Å². The van der Waals surface area contributed by atoms with Crippen molar-refractivity contribution >= 4 is 50.7 Å². The Morgan fingerprint density at radius 3 is 2.32 bits per heavy atom. The Hall–Kier alpha value is -2.29. The third-order valence-corrected chi connectivity index (χ3v) is 7.38. The lowest BCUT2D eigenvalue weighted by Gasteiger charge is -2.33. The molecule has 0 aliphatic heterocycles. The molecule has 0 saturated carbocycles. The van der Waals surface area contributed by atoms with Crippen LogP contribution in [0, 0.1) is 6.92 Å². The number of rotatable bonds is 11. The first-order valence-electron chi connectivity index (χ1n) is 12.2. The van der Waals surface area contributed by atoms with Crippen LogP contribution in [0.15, 0.2) is 42.5 Å². The van der Waals surface area contributed by atoms with Crippen molar-refractivity contribution in [3.05, 3.63) is 63.6 Å². The lowest BCUT2D eigenvalue weighted by molar-refractivity contribution is -0.142. The van der Waals surface area contributed by atoms with Gasteiger partial charge in [0.05, 0.1) is 17.0 Å². The predicted octanol–water partition coefficient (Wildman–Crippen LogP) is 5.57. The third-order valence-electron chi connectivity index (χ3n) is 5.65. The van der Waals surface area contributed by atoms with Crippen LogP contribution in [-0.4, -0.2) is 49.5 Å². The van der Waals surface area contributed by atoms with Crippen molar-refractivity contribution in [2.75, 3.05) is 17.1 Å². The van der Waals surface area contributed by atoms with E-state index in [9.17, 15) is 18.0 Å². The van der Waals surface area contributed by atoms with E-state index in [1.165, 1.54) is 12.1 Å². The zero-order chi connectivity index (χ0) is 28.0. The number of carbonyl (C=O) groups excluding carboxylic acids is 2. The first-order chi connectivity index (χ1) is 17.1. The second-order valence-electron chi connectivity index (χ2n) is 10.2. The fourth-order valence-electron chi connectivity index (χ4n) is 4.04. The SMILES string of the molecule is CCC(C(=O)NC(C)(C)C)N(Cc1cccc(C)c1)C(=O)CCCN(c1cc(Cl)ccc1Cl)S(C)(=O)=O. The normalized spacial score (nSPS) is 12.6. The number of benzene rings is 2. The minimum Gasteiger partial charge on any atom is -0.350 e. The molecular formula is C27H37Cl2N3O4S. The summed E-state index contributed by atoms with van der Waals surface area (Å²) in [6.45, 7) is 9.83. The Kier molecular flexibility index (Phi) is 10.9. The molecule has 2 rings (SSSR count). The van der Waals surface area contributed by atoms with Gasteiger partial charge in [0, 0.05) is 30.1 Å². The number of carbonyl (C=O) groups is 2. The Morgan fingerprint density at radius 1 is 1.08 bits per heavy atom. The van der Waals surface area contributed by atoms with Crippen molar-refractivity contribution in [3.63, 3.8) is 0 Å². The molecule has 204 valence electrons. The van der Waals surface area contributed by atoms with Crippen LogP contribution >= 0.6 is 23.2 Å². The Labute approximate surface area is 231 Å². The van der Waals surface area contributed by atoms with Crippen molar-refractivity contribution in [1.82, 2.24) is 10.2 Å². The molecule has 1 atom stereocenters. The number of nitrogens with one attached hydrogen (secondary N) is 1. The van der Waals surface area contributed by atoms with E-state index < -0.39 is 21.6 Å². The number of anilines is 1. The summed E-state index contributed by atoms with van der Waals surface area (Å²) in [6, 6.07) is 11.7. The van der Waals surface area contributed by atoms with Crippen LogP contribution in [0.1, 0.15) is 58.1 Å². The van der Waals surface area contributed by atoms with Gasteiger partial charge in [0.1, 0.15) is 6.04 Å². The summed E-state index contributed by atoms with van der Waals surface area (Å²) >= 11 is 12.3. The minimum absolute atomic E-state index is 0.0356. The molecule has 0 aliphatic rings. The molecule has 0 aliphatic carbocycles. The van der Waals surface area contributed by atoms with Crippen molar-refractivity contribution in [2.24, 2.45) is 0 Å². The van der Waals surface area contributed by atoms with E-state index in [2.05, 4.69) is 5.32 Å². The highest BCUT2D eigenvalue weighted by atomic mass is 35.5. The standard InChI is InChI=1S/C27H37Cl2N3O4S/c1-7-23(26(34)30-27(3,4)5)31(18-20-11-8-10-19(2)16-20)25(33)12-9-15-32(37(6,35)36)24-17-21(28)13-14-22(24)29/h8,10-11,13-14,16-17,23H,7,9,12,15,18H2,1-6H3,(H,30,34). The van der Waals surface area contributed by atoms with Crippen molar-refractivity contribution in [2.45, 2.75) is 72.0 Å². The number of nitrogens with zero attached hydrogens (tertiary/aromatic N) is 2. The zero-order valence-electron chi connectivity index (χ0n) is 22.3. The molecule has 1 N–H and O–H groups in total. The molecule has 2 aromatic carbocycles. The molecule has 0 saturated heterocycles. The maximum atomic E-state index is 13.5. The summed E-state index contributed by atoms with van der Waals surface area (Å²) in [6.07, 6.45) is 1.80. The molecule has 0 fully saturated rings. The topological polar surface area (TPSA) is 86.8 Å². The molecule has 0 radical (unpaired) electrons. The first kappa shape index (κ1) is 30.9. The van der Waals surface area contributed by atoms with Crippen LogP contribution < -0.4 is 9.62 Å². The second-order valence-corrected chi connectivity index (χ2v) is 13.0. The van der Waals surface area contributed by atoms with Gasteiger partial charge in [0.25, 0.3) is 0 Å². The highest BCUT2D eigenvalue weighted by molar-refractivity contribution is 7.92. The molecule has 2 aromatic rings. The molecule has 1 unspecified atom stereocenters. The summed E-state index contributed by atoms with van der Waals surface area (Å²) in [5, 5.41) is 3.58. The molecule has 0 spiro atoms. The summed E-state index contributed by atoms with van der Waals surface area (Å²) in [5.74, 6) is -0.456. The van der Waals surface area contributed by atoms with Gasteiger partial charge in [-0.05, 0) is 64.3 Å². The van der Waals surface area contributed by atoms with Crippen LogP contribution in [-0.2, 0) is 26.2 Å². The van der Waals surface area contributed by atoms with Gasteiger partial charge in [-0.2, -0.15) is 0 Å². The van der Waals surface area contributed by atoms with Gasteiger partial charge >= 0.3 is 0 Å². The van der Waals surface area contributed by atoms with Crippen molar-refractivity contribution < 1.29 is 18.0 Å². The van der Waals surface area contributed by atoms with Gasteiger partial charge in [-0.25, -0.2) is 8.42 Å². The van der Waals surface area contributed by atoms with Crippen LogP contribution in [0.3, 0.4) is 0 Å². The zero-order valence-corrected chi connectivity index (χ0v) is 24.7. The lowest BCUT2D eigenvalue weighted by Crippen LogP contribution is -2.53. The van der Waals surface area contributed by atoms with E-state index in [-0.39, 0.29) is 48.5 Å². The minimum atomic E-state index is -3.68. The fraction of sp³-hybridized carbons (Fsp3) is 0.481. The molecule has 7 nitrogen and oxygen atoms in total.